The molecule has 0 bridgehead atoms. The molecule has 6 nitrogen and oxygen atoms in total. The van der Waals surface area contributed by atoms with Crippen molar-refractivity contribution in [3.63, 3.8) is 0 Å². The number of carbonyl (C=O) groups excluding carboxylic acids is 1. The van der Waals surface area contributed by atoms with Crippen LogP contribution in [0, 0.1) is 0 Å². The number of allylic oxidation sites excluding steroid dienone is 1. The topological polar surface area (TPSA) is 68.8 Å². The maximum Gasteiger partial charge on any atom is 0.175 e. The molecule has 0 radical (unpaired) electrons. The Kier molecular flexibility index (Phi) is 7.42. The van der Waals surface area contributed by atoms with Crippen LogP contribution in [0.15, 0.2) is 76.4 Å². The van der Waals surface area contributed by atoms with Gasteiger partial charge in [0.2, 0.25) is 0 Å². The second-order valence-electron chi connectivity index (χ2n) is 9.14. The van der Waals surface area contributed by atoms with Crippen molar-refractivity contribution in [1.82, 2.24) is 0 Å². The van der Waals surface area contributed by atoms with Crippen LogP contribution in [-0.4, -0.2) is 26.1 Å². The first-order chi connectivity index (χ1) is 18.0. The molecular formula is C30H31BrN2O4. The fraction of sp³-hybridized carbons (Fsp3) is 0.300. The zero-order valence-corrected chi connectivity index (χ0v) is 22.9. The van der Waals surface area contributed by atoms with Crippen LogP contribution >= 0.6 is 15.9 Å². The summed E-state index contributed by atoms with van der Waals surface area (Å²) in [7, 11) is 1.63. The highest BCUT2D eigenvalue weighted by atomic mass is 79.9. The molecule has 0 fully saturated rings. The fourth-order valence-corrected chi connectivity index (χ4v) is 5.75. The summed E-state index contributed by atoms with van der Waals surface area (Å²) in [5.74, 6) is 2.33. The molecule has 0 saturated carbocycles. The third-order valence-corrected chi connectivity index (χ3v) is 7.43. The first-order valence-electron chi connectivity index (χ1n) is 12.6. The molecule has 3 aromatic rings. The number of nitrogens with one attached hydrogen (secondary N) is 2. The van der Waals surface area contributed by atoms with Gasteiger partial charge in [0.05, 0.1) is 42.2 Å². The SMILES string of the molecule is CCOc1ccc(C2CC(=O)C3=C(C2)Nc2ccccc2NC3c2cc(Br)c(OCC)c(OC)c2)cc1. The first kappa shape index (κ1) is 25.2. The Morgan fingerprint density at radius 3 is 2.35 bits per heavy atom. The van der Waals surface area contributed by atoms with Gasteiger partial charge < -0.3 is 24.8 Å². The van der Waals surface area contributed by atoms with Crippen LogP contribution in [0.5, 0.6) is 17.2 Å². The zero-order valence-electron chi connectivity index (χ0n) is 21.3. The third-order valence-electron chi connectivity index (χ3n) is 6.85. The highest BCUT2D eigenvalue weighted by Crippen LogP contribution is 2.46. The van der Waals surface area contributed by atoms with Gasteiger partial charge in [-0.15, -0.1) is 0 Å². The van der Waals surface area contributed by atoms with E-state index >= 15 is 0 Å². The number of halogens is 1. The van der Waals surface area contributed by atoms with E-state index in [2.05, 4.69) is 38.7 Å². The number of ketones is 1. The minimum atomic E-state index is -0.346. The monoisotopic (exact) mass is 562 g/mol. The Hall–Kier alpha value is -3.45. The first-order valence-corrected chi connectivity index (χ1v) is 13.4. The van der Waals surface area contributed by atoms with Crippen molar-refractivity contribution in [3.05, 3.63) is 87.5 Å². The van der Waals surface area contributed by atoms with E-state index in [0.29, 0.717) is 31.1 Å². The average Bonchev–Trinajstić information content (AvgIpc) is 3.07. The molecule has 7 heteroatoms. The summed E-state index contributed by atoms with van der Waals surface area (Å²) in [5, 5.41) is 7.24. The van der Waals surface area contributed by atoms with Gasteiger partial charge in [-0.2, -0.15) is 0 Å². The molecule has 1 aliphatic carbocycles. The zero-order chi connectivity index (χ0) is 25.9. The summed E-state index contributed by atoms with van der Waals surface area (Å²) in [4.78, 5) is 13.8. The van der Waals surface area contributed by atoms with Crippen molar-refractivity contribution in [2.24, 2.45) is 0 Å². The van der Waals surface area contributed by atoms with E-state index in [0.717, 1.165) is 50.4 Å². The standard InChI is InChI=1S/C30H31BrN2O4/c1-4-36-21-12-10-18(11-13-21)19-15-25-28(26(34)16-19)29(33-24-9-7-6-8-23(24)32-25)20-14-22(31)30(37-5-2)27(17-20)35-3/h6-14,17,19,29,32-33H,4-5,15-16H2,1-3H3. The molecule has 5 rings (SSSR count). The number of rotatable bonds is 7. The summed E-state index contributed by atoms with van der Waals surface area (Å²) in [6, 6.07) is 19.8. The third kappa shape index (κ3) is 5.05. The van der Waals surface area contributed by atoms with Crippen LogP contribution in [0.3, 0.4) is 0 Å². The maximum absolute atomic E-state index is 13.8. The van der Waals surface area contributed by atoms with Gasteiger partial charge in [-0.3, -0.25) is 4.79 Å². The highest BCUT2D eigenvalue weighted by Gasteiger charge is 2.36. The molecule has 2 unspecified atom stereocenters. The summed E-state index contributed by atoms with van der Waals surface area (Å²) in [6.45, 7) is 5.06. The number of ether oxygens (including phenoxy) is 3. The number of hydrogen-bond acceptors (Lipinski definition) is 6. The van der Waals surface area contributed by atoms with Crippen LogP contribution in [-0.2, 0) is 4.79 Å². The molecular weight excluding hydrogens is 532 g/mol. The van der Waals surface area contributed by atoms with E-state index in [-0.39, 0.29) is 17.7 Å². The Morgan fingerprint density at radius 1 is 0.919 bits per heavy atom. The molecule has 1 aliphatic heterocycles. The van der Waals surface area contributed by atoms with E-state index in [4.69, 9.17) is 14.2 Å². The molecule has 37 heavy (non-hydrogen) atoms. The predicted molar refractivity (Wildman–Crippen MR) is 150 cm³/mol. The lowest BCUT2D eigenvalue weighted by Crippen LogP contribution is -2.27. The number of hydrogen-bond donors (Lipinski definition) is 2. The van der Waals surface area contributed by atoms with E-state index in [1.807, 2.05) is 62.4 Å². The lowest BCUT2D eigenvalue weighted by molar-refractivity contribution is -0.116. The number of anilines is 2. The highest BCUT2D eigenvalue weighted by molar-refractivity contribution is 9.10. The summed E-state index contributed by atoms with van der Waals surface area (Å²) >= 11 is 3.66. The lowest BCUT2D eigenvalue weighted by atomic mass is 9.78. The lowest BCUT2D eigenvalue weighted by Gasteiger charge is -2.30. The van der Waals surface area contributed by atoms with Gasteiger partial charge in [-0.05, 0) is 89.6 Å². The number of benzene rings is 3. The predicted octanol–water partition coefficient (Wildman–Crippen LogP) is 7.23. The molecule has 0 amide bonds. The maximum atomic E-state index is 13.8. The molecule has 0 saturated heterocycles. The van der Waals surface area contributed by atoms with Crippen LogP contribution in [0.1, 0.15) is 49.8 Å². The van der Waals surface area contributed by atoms with Crippen molar-refractivity contribution in [3.8, 4) is 17.2 Å². The Morgan fingerprint density at radius 2 is 1.65 bits per heavy atom. The molecule has 1 heterocycles. The molecule has 2 N–H and O–H groups in total. The summed E-state index contributed by atoms with van der Waals surface area (Å²) in [6.07, 6.45) is 1.18. The van der Waals surface area contributed by atoms with Gasteiger partial charge >= 0.3 is 0 Å². The van der Waals surface area contributed by atoms with Gasteiger partial charge in [-0.1, -0.05) is 24.3 Å². The molecule has 2 aliphatic rings. The molecule has 0 spiro atoms. The van der Waals surface area contributed by atoms with Crippen molar-refractivity contribution in [2.75, 3.05) is 31.0 Å². The van der Waals surface area contributed by atoms with E-state index in [9.17, 15) is 4.79 Å². The quantitative estimate of drug-likeness (QED) is 0.316. The molecule has 3 aromatic carbocycles. The second kappa shape index (κ2) is 10.9. The number of fused-ring (bicyclic) bond motifs is 1. The number of para-hydroxylation sites is 2. The van der Waals surface area contributed by atoms with Crippen LogP contribution in [0.4, 0.5) is 11.4 Å². The van der Waals surface area contributed by atoms with E-state index in [1.165, 1.54) is 0 Å². The van der Waals surface area contributed by atoms with Gasteiger partial charge in [0.25, 0.3) is 0 Å². The van der Waals surface area contributed by atoms with Crippen LogP contribution in [0.2, 0.25) is 0 Å². The van der Waals surface area contributed by atoms with Crippen molar-refractivity contribution < 1.29 is 19.0 Å². The molecule has 192 valence electrons. The largest absolute Gasteiger partial charge is 0.494 e. The summed E-state index contributed by atoms with van der Waals surface area (Å²) in [5.41, 5.74) is 5.66. The van der Waals surface area contributed by atoms with Crippen molar-refractivity contribution >= 4 is 33.1 Å². The molecule has 0 aromatic heterocycles. The Balaban J connectivity index is 1.57. The van der Waals surface area contributed by atoms with Gasteiger partial charge in [0, 0.05) is 17.7 Å². The van der Waals surface area contributed by atoms with E-state index < -0.39 is 0 Å². The number of carbonyl (C=O) groups is 1. The fourth-order valence-electron chi connectivity index (χ4n) is 5.17. The minimum absolute atomic E-state index is 0.0851. The number of Topliss-reactive ketones (excluding diaryl/α,β-unsaturated/α-hetero) is 1. The van der Waals surface area contributed by atoms with Gasteiger partial charge in [0.1, 0.15) is 5.75 Å². The Labute approximate surface area is 226 Å². The van der Waals surface area contributed by atoms with Gasteiger partial charge in [-0.25, -0.2) is 0 Å². The second-order valence-corrected chi connectivity index (χ2v) is 9.99. The number of methoxy groups -OCH3 is 1. The smallest absolute Gasteiger partial charge is 0.175 e. The Bertz CT molecular complexity index is 1340. The van der Waals surface area contributed by atoms with E-state index in [1.54, 1.807) is 7.11 Å². The van der Waals surface area contributed by atoms with Crippen LogP contribution in [0.25, 0.3) is 0 Å². The minimum Gasteiger partial charge on any atom is -0.494 e. The summed E-state index contributed by atoms with van der Waals surface area (Å²) < 4.78 is 17.9. The average molecular weight is 563 g/mol. The molecule has 2 atom stereocenters. The normalized spacial score (nSPS) is 18.6. The van der Waals surface area contributed by atoms with Crippen molar-refractivity contribution in [2.45, 2.75) is 38.6 Å². The van der Waals surface area contributed by atoms with Crippen LogP contribution < -0.4 is 24.8 Å². The van der Waals surface area contributed by atoms with Gasteiger partial charge in [0.15, 0.2) is 17.3 Å². The van der Waals surface area contributed by atoms with Crippen molar-refractivity contribution in [1.29, 1.82) is 0 Å².